The van der Waals surface area contributed by atoms with Crippen LogP contribution in [-0.4, -0.2) is 45.0 Å². The largest absolute Gasteiger partial charge is 0.411 e. The number of nitrogens with zero attached hydrogens (tertiary/aromatic N) is 1. The Morgan fingerprint density at radius 3 is 2.46 bits per heavy atom. The van der Waals surface area contributed by atoms with Gasteiger partial charge in [0.2, 0.25) is 0 Å². The predicted molar refractivity (Wildman–Crippen MR) is 103 cm³/mol. The molecule has 0 spiro atoms. The second-order valence-electron chi connectivity index (χ2n) is 6.92. The summed E-state index contributed by atoms with van der Waals surface area (Å²) in [6.45, 7) is 4.37. The summed E-state index contributed by atoms with van der Waals surface area (Å²) >= 11 is 0. The maximum Gasteiger partial charge on any atom is 0.411 e. The third-order valence-corrected chi connectivity index (χ3v) is 4.13. The molecule has 0 heterocycles. The van der Waals surface area contributed by atoms with Crippen LogP contribution in [0, 0.1) is 5.92 Å². The van der Waals surface area contributed by atoms with Crippen LogP contribution >= 0.6 is 0 Å². The lowest BCUT2D eigenvalue weighted by Crippen LogP contribution is -2.38. The van der Waals surface area contributed by atoms with E-state index in [0.717, 1.165) is 50.2 Å². The Bertz CT molecular complexity index is 587. The molecule has 28 heavy (non-hydrogen) atoms. The summed E-state index contributed by atoms with van der Waals surface area (Å²) in [4.78, 5) is 4.54. The number of benzene rings is 1. The second kappa shape index (κ2) is 11.9. The van der Waals surface area contributed by atoms with Crippen molar-refractivity contribution < 1.29 is 22.6 Å². The van der Waals surface area contributed by atoms with Crippen LogP contribution in [0.15, 0.2) is 29.3 Å². The van der Waals surface area contributed by atoms with Gasteiger partial charge in [-0.2, -0.15) is 13.2 Å². The number of aliphatic imine (C=N–C) groups is 1. The zero-order valence-corrected chi connectivity index (χ0v) is 16.4. The summed E-state index contributed by atoms with van der Waals surface area (Å²) in [6, 6.07) is 7.23. The van der Waals surface area contributed by atoms with Crippen molar-refractivity contribution in [3.8, 4) is 0 Å². The van der Waals surface area contributed by atoms with Crippen LogP contribution in [0.4, 0.5) is 13.2 Å². The summed E-state index contributed by atoms with van der Waals surface area (Å²) in [7, 11) is 0. The predicted octanol–water partition coefficient (Wildman–Crippen LogP) is 3.64. The summed E-state index contributed by atoms with van der Waals surface area (Å²) in [5.41, 5.74) is 1.68. The third kappa shape index (κ3) is 10.5. The van der Waals surface area contributed by atoms with Crippen LogP contribution in [0.25, 0.3) is 0 Å². The van der Waals surface area contributed by atoms with Crippen molar-refractivity contribution >= 4 is 5.96 Å². The lowest BCUT2D eigenvalue weighted by atomic mass is 10.1. The van der Waals surface area contributed by atoms with Gasteiger partial charge in [0.1, 0.15) is 6.61 Å². The van der Waals surface area contributed by atoms with Crippen molar-refractivity contribution in [2.45, 2.75) is 45.5 Å². The molecule has 1 aromatic carbocycles. The van der Waals surface area contributed by atoms with Crippen molar-refractivity contribution in [1.82, 2.24) is 10.6 Å². The van der Waals surface area contributed by atoms with E-state index in [4.69, 9.17) is 4.74 Å². The molecule has 0 amide bonds. The van der Waals surface area contributed by atoms with Gasteiger partial charge >= 0.3 is 6.18 Å². The first-order valence-corrected chi connectivity index (χ1v) is 9.78. The average molecular weight is 401 g/mol. The van der Waals surface area contributed by atoms with Crippen molar-refractivity contribution in [1.29, 1.82) is 0 Å². The van der Waals surface area contributed by atoms with E-state index in [-0.39, 0.29) is 6.61 Å². The van der Waals surface area contributed by atoms with E-state index in [2.05, 4.69) is 20.4 Å². The number of rotatable bonds is 12. The van der Waals surface area contributed by atoms with Crippen LogP contribution in [-0.2, 0) is 22.6 Å². The molecule has 1 aromatic rings. The van der Waals surface area contributed by atoms with Gasteiger partial charge in [-0.25, -0.2) is 4.99 Å². The van der Waals surface area contributed by atoms with E-state index in [1.165, 1.54) is 12.8 Å². The second-order valence-corrected chi connectivity index (χ2v) is 6.92. The lowest BCUT2D eigenvalue weighted by molar-refractivity contribution is -0.176. The highest BCUT2D eigenvalue weighted by Gasteiger charge is 2.27. The quantitative estimate of drug-likeness (QED) is 0.319. The molecule has 8 heteroatoms. The zero-order chi connectivity index (χ0) is 20.2. The Morgan fingerprint density at radius 2 is 1.82 bits per heavy atom. The van der Waals surface area contributed by atoms with E-state index in [9.17, 15) is 13.2 Å². The third-order valence-electron chi connectivity index (χ3n) is 4.13. The maximum absolute atomic E-state index is 12.1. The van der Waals surface area contributed by atoms with Gasteiger partial charge in [-0.15, -0.1) is 0 Å². The lowest BCUT2D eigenvalue weighted by Gasteiger charge is -2.11. The molecule has 1 saturated carbocycles. The van der Waals surface area contributed by atoms with Crippen LogP contribution in [0.2, 0.25) is 0 Å². The molecule has 0 aromatic heterocycles. The molecule has 0 aliphatic heterocycles. The zero-order valence-electron chi connectivity index (χ0n) is 16.4. The van der Waals surface area contributed by atoms with Crippen LogP contribution in [0.5, 0.6) is 0 Å². The Morgan fingerprint density at radius 1 is 1.11 bits per heavy atom. The number of nitrogens with one attached hydrogen (secondary N) is 2. The van der Waals surface area contributed by atoms with Gasteiger partial charge in [0.05, 0.1) is 13.2 Å². The monoisotopic (exact) mass is 401 g/mol. The number of ether oxygens (including phenoxy) is 2. The fourth-order valence-corrected chi connectivity index (χ4v) is 2.45. The number of hydrogen-bond donors (Lipinski definition) is 2. The molecular formula is C20H30F3N3O2. The number of halogens is 3. The molecule has 0 bridgehead atoms. The minimum atomic E-state index is -4.30. The first-order chi connectivity index (χ1) is 13.5. The van der Waals surface area contributed by atoms with Gasteiger partial charge < -0.3 is 20.1 Å². The van der Waals surface area contributed by atoms with Crippen molar-refractivity contribution in [3.05, 3.63) is 35.4 Å². The molecule has 1 aliphatic rings. The molecule has 0 radical (unpaired) electrons. The molecule has 2 N–H and O–H groups in total. The van der Waals surface area contributed by atoms with Gasteiger partial charge in [0, 0.05) is 26.3 Å². The Labute approximate surface area is 164 Å². The van der Waals surface area contributed by atoms with Crippen molar-refractivity contribution in [3.63, 3.8) is 0 Å². The number of alkyl halides is 3. The van der Waals surface area contributed by atoms with Crippen molar-refractivity contribution in [2.24, 2.45) is 10.9 Å². The summed E-state index contributed by atoms with van der Waals surface area (Å²) in [6.07, 6.45) is -0.772. The Balaban J connectivity index is 1.68. The minimum absolute atomic E-state index is 0.0595. The Kier molecular flexibility index (Phi) is 9.57. The number of guanidine groups is 1. The topological polar surface area (TPSA) is 54.9 Å². The fourth-order valence-electron chi connectivity index (χ4n) is 2.45. The SMILES string of the molecule is CCNC(=NCc1ccc(COCC(F)(F)F)cc1)NCCCOCC1CC1. The highest BCUT2D eigenvalue weighted by molar-refractivity contribution is 5.79. The van der Waals surface area contributed by atoms with Gasteiger partial charge in [-0.1, -0.05) is 24.3 Å². The summed E-state index contributed by atoms with van der Waals surface area (Å²) < 4.78 is 46.5. The number of hydrogen-bond acceptors (Lipinski definition) is 3. The van der Waals surface area contributed by atoms with Gasteiger partial charge in [0.15, 0.2) is 5.96 Å². The summed E-state index contributed by atoms with van der Waals surface area (Å²) in [5.74, 6) is 1.52. The molecule has 0 saturated heterocycles. The first-order valence-electron chi connectivity index (χ1n) is 9.78. The van der Waals surface area contributed by atoms with E-state index >= 15 is 0 Å². The smallest absolute Gasteiger partial charge is 0.381 e. The Hall–Kier alpha value is -1.80. The first kappa shape index (κ1) is 22.5. The minimum Gasteiger partial charge on any atom is -0.381 e. The molecule has 2 rings (SSSR count). The van der Waals surface area contributed by atoms with Gasteiger partial charge in [-0.05, 0) is 43.2 Å². The summed E-state index contributed by atoms with van der Waals surface area (Å²) in [5, 5.41) is 6.48. The molecule has 5 nitrogen and oxygen atoms in total. The molecule has 1 aliphatic carbocycles. The highest BCUT2D eigenvalue weighted by atomic mass is 19.4. The molecule has 1 fully saturated rings. The van der Waals surface area contributed by atoms with E-state index in [0.29, 0.717) is 12.1 Å². The van der Waals surface area contributed by atoms with Gasteiger partial charge in [-0.3, -0.25) is 0 Å². The molecule has 158 valence electrons. The van der Waals surface area contributed by atoms with Crippen molar-refractivity contribution in [2.75, 3.05) is 32.9 Å². The normalized spacial score (nSPS) is 14.9. The van der Waals surface area contributed by atoms with Gasteiger partial charge in [0.25, 0.3) is 0 Å². The maximum atomic E-state index is 12.1. The van der Waals surface area contributed by atoms with Crippen LogP contribution in [0.1, 0.15) is 37.3 Å². The van der Waals surface area contributed by atoms with Crippen LogP contribution in [0.3, 0.4) is 0 Å². The molecule has 0 unspecified atom stereocenters. The van der Waals surface area contributed by atoms with E-state index in [1.807, 2.05) is 19.1 Å². The average Bonchev–Trinajstić information content (AvgIpc) is 3.47. The molecular weight excluding hydrogens is 371 g/mol. The van der Waals surface area contributed by atoms with E-state index < -0.39 is 12.8 Å². The van der Waals surface area contributed by atoms with Crippen LogP contribution < -0.4 is 10.6 Å². The van der Waals surface area contributed by atoms with E-state index in [1.54, 1.807) is 12.1 Å². The molecule has 0 atom stereocenters. The standard InChI is InChI=1S/C20H30F3N3O2/c1-2-24-19(25-10-3-11-27-13-17-8-9-17)26-12-16-4-6-18(7-5-16)14-28-15-20(21,22)23/h4-7,17H,2-3,8-15H2,1H3,(H2,24,25,26). The fraction of sp³-hybridized carbons (Fsp3) is 0.650. The highest BCUT2D eigenvalue weighted by Crippen LogP contribution is 2.28.